The predicted octanol–water partition coefficient (Wildman–Crippen LogP) is 3.46. The minimum atomic E-state index is -0.724. The van der Waals surface area contributed by atoms with Crippen molar-refractivity contribution in [1.29, 1.82) is 5.41 Å². The molecule has 0 spiro atoms. The molecule has 2 aliphatic heterocycles. The largest absolute Gasteiger partial charge is 0.399 e. The van der Waals surface area contributed by atoms with Crippen molar-refractivity contribution >= 4 is 34.6 Å². The van der Waals surface area contributed by atoms with Gasteiger partial charge in [-0.25, -0.2) is 4.39 Å². The van der Waals surface area contributed by atoms with Gasteiger partial charge in [-0.2, -0.15) is 0 Å². The Labute approximate surface area is 183 Å². The molecule has 158 valence electrons. The normalized spacial score (nSPS) is 23.1. The standard InChI is InChI=1S/C23H22FN5OS/c1-28-21(30)18-12-29(17-7-5-15(24)6-8-17)13-23(18,27-22(28)26)20-10-9-19(31-20)14-3-2-4-16(25)11-14/h2-11,18H,12-13,25H2,1H3,(H2,26,27)/t18-,23-/m0/s1. The second-order valence-electron chi connectivity index (χ2n) is 8.04. The van der Waals surface area contributed by atoms with Crippen LogP contribution in [0.3, 0.4) is 0 Å². The lowest BCUT2D eigenvalue weighted by Gasteiger charge is -2.42. The topological polar surface area (TPSA) is 85.4 Å². The molecule has 0 aliphatic carbocycles. The van der Waals surface area contributed by atoms with Gasteiger partial charge in [0, 0.05) is 41.3 Å². The summed E-state index contributed by atoms with van der Waals surface area (Å²) in [6, 6.07) is 18.1. The van der Waals surface area contributed by atoms with Crippen molar-refractivity contribution in [3.63, 3.8) is 0 Å². The molecule has 3 heterocycles. The Kier molecular flexibility index (Phi) is 4.48. The van der Waals surface area contributed by atoms with Crippen molar-refractivity contribution in [1.82, 2.24) is 10.2 Å². The molecule has 0 radical (unpaired) electrons. The summed E-state index contributed by atoms with van der Waals surface area (Å²) in [5.74, 6) is -0.673. The van der Waals surface area contributed by atoms with Crippen LogP contribution in [0.25, 0.3) is 10.4 Å². The van der Waals surface area contributed by atoms with E-state index in [0.29, 0.717) is 18.8 Å². The number of anilines is 2. The fourth-order valence-electron chi connectivity index (χ4n) is 4.49. The maximum absolute atomic E-state index is 13.4. The smallest absolute Gasteiger partial charge is 0.236 e. The van der Waals surface area contributed by atoms with E-state index in [9.17, 15) is 9.18 Å². The quantitative estimate of drug-likeness (QED) is 0.550. The van der Waals surface area contributed by atoms with Gasteiger partial charge in [0.25, 0.3) is 0 Å². The number of nitrogens with zero attached hydrogens (tertiary/aromatic N) is 2. The Morgan fingerprint density at radius 1 is 1.19 bits per heavy atom. The van der Waals surface area contributed by atoms with Crippen LogP contribution in [0.1, 0.15) is 4.88 Å². The molecule has 0 saturated carbocycles. The molecule has 2 saturated heterocycles. The highest BCUT2D eigenvalue weighted by Crippen LogP contribution is 2.46. The van der Waals surface area contributed by atoms with Gasteiger partial charge in [0.15, 0.2) is 5.96 Å². The summed E-state index contributed by atoms with van der Waals surface area (Å²) in [4.78, 5) is 18.7. The molecular formula is C23H22FN5OS. The van der Waals surface area contributed by atoms with E-state index in [1.165, 1.54) is 17.0 Å². The van der Waals surface area contributed by atoms with Crippen LogP contribution in [0, 0.1) is 17.1 Å². The number of rotatable bonds is 3. The van der Waals surface area contributed by atoms with E-state index in [1.807, 2.05) is 36.4 Å². The molecule has 1 aromatic heterocycles. The number of nitrogen functional groups attached to an aromatic ring is 1. The lowest BCUT2D eigenvalue weighted by Crippen LogP contribution is -2.64. The number of nitrogens with two attached hydrogens (primary N) is 1. The Morgan fingerprint density at radius 3 is 2.71 bits per heavy atom. The number of halogens is 1. The molecule has 31 heavy (non-hydrogen) atoms. The number of nitrogens with one attached hydrogen (secondary N) is 2. The Balaban J connectivity index is 1.57. The number of benzene rings is 2. The fraction of sp³-hybridized carbons (Fsp3) is 0.217. The first kappa shape index (κ1) is 19.6. The molecule has 4 N–H and O–H groups in total. The average molecular weight is 436 g/mol. The molecule has 2 aromatic carbocycles. The zero-order valence-electron chi connectivity index (χ0n) is 16.9. The number of carbonyl (C=O) groups excluding carboxylic acids is 1. The monoisotopic (exact) mass is 435 g/mol. The second-order valence-corrected chi connectivity index (χ2v) is 9.12. The van der Waals surface area contributed by atoms with Gasteiger partial charge in [-0.15, -0.1) is 11.3 Å². The number of guanidine groups is 1. The molecule has 2 fully saturated rings. The van der Waals surface area contributed by atoms with Crippen LogP contribution in [0.5, 0.6) is 0 Å². The van der Waals surface area contributed by atoms with Gasteiger partial charge < -0.3 is 16.0 Å². The molecule has 0 unspecified atom stereocenters. The first-order chi connectivity index (χ1) is 14.9. The predicted molar refractivity (Wildman–Crippen MR) is 122 cm³/mol. The maximum atomic E-state index is 13.4. The van der Waals surface area contributed by atoms with Crippen molar-refractivity contribution in [2.45, 2.75) is 5.54 Å². The molecule has 3 aromatic rings. The van der Waals surface area contributed by atoms with Crippen LogP contribution < -0.4 is 16.0 Å². The average Bonchev–Trinajstić information content (AvgIpc) is 3.39. The second kappa shape index (κ2) is 7.09. The van der Waals surface area contributed by atoms with Crippen LogP contribution in [-0.4, -0.2) is 36.9 Å². The van der Waals surface area contributed by atoms with Gasteiger partial charge in [0.05, 0.1) is 5.92 Å². The van der Waals surface area contributed by atoms with Crippen molar-refractivity contribution in [3.8, 4) is 10.4 Å². The van der Waals surface area contributed by atoms with Crippen molar-refractivity contribution in [3.05, 3.63) is 71.4 Å². The third-order valence-corrected chi connectivity index (χ3v) is 7.46. The SMILES string of the molecule is CN1C(=N)N[C@@]2(c3ccc(-c4cccc(N)c4)s3)CN(c3ccc(F)cc3)C[C@H]2C1=O. The van der Waals surface area contributed by atoms with E-state index in [2.05, 4.69) is 10.2 Å². The zero-order chi connectivity index (χ0) is 21.8. The highest BCUT2D eigenvalue weighted by molar-refractivity contribution is 7.15. The summed E-state index contributed by atoms with van der Waals surface area (Å²) in [5, 5.41) is 11.7. The Morgan fingerprint density at radius 2 is 1.97 bits per heavy atom. The highest BCUT2D eigenvalue weighted by Gasteiger charge is 2.56. The van der Waals surface area contributed by atoms with Crippen molar-refractivity contribution in [2.75, 3.05) is 30.8 Å². The number of thiophene rings is 1. The summed E-state index contributed by atoms with van der Waals surface area (Å²) in [5.41, 5.74) is 7.80. The number of hydrogen-bond donors (Lipinski definition) is 3. The van der Waals surface area contributed by atoms with Gasteiger partial charge in [-0.1, -0.05) is 12.1 Å². The summed E-state index contributed by atoms with van der Waals surface area (Å²) in [6.07, 6.45) is 0. The first-order valence-corrected chi connectivity index (χ1v) is 10.8. The molecule has 2 aliphatic rings. The summed E-state index contributed by atoms with van der Waals surface area (Å²) in [7, 11) is 1.62. The lowest BCUT2D eigenvalue weighted by atomic mass is 9.83. The molecule has 5 rings (SSSR count). The van der Waals surface area contributed by atoms with Crippen LogP contribution >= 0.6 is 11.3 Å². The van der Waals surface area contributed by atoms with Gasteiger partial charge in [-0.05, 0) is 54.1 Å². The first-order valence-electron chi connectivity index (χ1n) is 9.98. The van der Waals surface area contributed by atoms with Gasteiger partial charge >= 0.3 is 0 Å². The Hall–Kier alpha value is -3.39. The van der Waals surface area contributed by atoms with Crippen molar-refractivity contribution < 1.29 is 9.18 Å². The molecule has 6 nitrogen and oxygen atoms in total. The van der Waals surface area contributed by atoms with E-state index in [-0.39, 0.29) is 23.6 Å². The number of hydrogen-bond acceptors (Lipinski definition) is 5. The number of carbonyl (C=O) groups is 1. The van der Waals surface area contributed by atoms with Crippen LogP contribution in [0.2, 0.25) is 0 Å². The van der Waals surface area contributed by atoms with Gasteiger partial charge in [0.2, 0.25) is 5.91 Å². The lowest BCUT2D eigenvalue weighted by molar-refractivity contribution is -0.133. The zero-order valence-corrected chi connectivity index (χ0v) is 17.7. The summed E-state index contributed by atoms with van der Waals surface area (Å²) < 4.78 is 13.4. The van der Waals surface area contributed by atoms with Gasteiger partial charge in [-0.3, -0.25) is 15.1 Å². The minimum absolute atomic E-state index is 0.0844. The van der Waals surface area contributed by atoms with Gasteiger partial charge in [0.1, 0.15) is 11.4 Å². The third-order valence-electron chi connectivity index (χ3n) is 6.15. The van der Waals surface area contributed by atoms with E-state index >= 15 is 0 Å². The van der Waals surface area contributed by atoms with Crippen LogP contribution in [0.4, 0.5) is 15.8 Å². The molecule has 0 bridgehead atoms. The number of amides is 1. The molecule has 1 amide bonds. The molecule has 8 heteroatoms. The summed E-state index contributed by atoms with van der Waals surface area (Å²) >= 11 is 1.60. The fourth-order valence-corrected chi connectivity index (χ4v) is 5.69. The molecular weight excluding hydrogens is 413 g/mol. The maximum Gasteiger partial charge on any atom is 0.236 e. The van der Waals surface area contributed by atoms with E-state index in [1.54, 1.807) is 30.5 Å². The third kappa shape index (κ3) is 3.14. The number of fused-ring (bicyclic) bond motifs is 1. The Bertz CT molecular complexity index is 1180. The van der Waals surface area contributed by atoms with E-state index < -0.39 is 5.54 Å². The minimum Gasteiger partial charge on any atom is -0.399 e. The van der Waals surface area contributed by atoms with E-state index in [4.69, 9.17) is 11.1 Å². The van der Waals surface area contributed by atoms with E-state index in [0.717, 1.165) is 21.0 Å². The highest BCUT2D eigenvalue weighted by atomic mass is 32.1. The molecule has 2 atom stereocenters. The van der Waals surface area contributed by atoms with Crippen molar-refractivity contribution in [2.24, 2.45) is 5.92 Å². The van der Waals surface area contributed by atoms with Crippen LogP contribution in [-0.2, 0) is 10.3 Å². The summed E-state index contributed by atoms with van der Waals surface area (Å²) in [6.45, 7) is 0.989. The van der Waals surface area contributed by atoms with Crippen LogP contribution in [0.15, 0.2) is 60.7 Å².